The van der Waals surface area contributed by atoms with Crippen LogP contribution in [0.1, 0.15) is 30.8 Å². The summed E-state index contributed by atoms with van der Waals surface area (Å²) in [6.07, 6.45) is 6.44. The van der Waals surface area contributed by atoms with E-state index in [-0.39, 0.29) is 11.8 Å². The fraction of sp³-hybridized carbons (Fsp3) is 0.400. The third-order valence-electron chi connectivity index (χ3n) is 3.62. The maximum absolute atomic E-state index is 12.4. The van der Waals surface area contributed by atoms with Crippen molar-refractivity contribution in [2.24, 2.45) is 5.92 Å². The molecule has 1 amide bonds. The third-order valence-corrected chi connectivity index (χ3v) is 3.62. The van der Waals surface area contributed by atoms with Crippen LogP contribution in [0.2, 0.25) is 0 Å². The molecule has 1 aliphatic carbocycles. The van der Waals surface area contributed by atoms with Crippen LogP contribution < -0.4 is 0 Å². The lowest BCUT2D eigenvalue weighted by molar-refractivity contribution is -0.140. The van der Waals surface area contributed by atoms with Crippen molar-refractivity contribution in [2.45, 2.75) is 32.4 Å². The van der Waals surface area contributed by atoms with Crippen LogP contribution in [0.5, 0.6) is 0 Å². The summed E-state index contributed by atoms with van der Waals surface area (Å²) in [7, 11) is 0. The summed E-state index contributed by atoms with van der Waals surface area (Å²) in [4.78, 5) is 14.2. The average molecular weight is 259 g/mol. The van der Waals surface area contributed by atoms with Gasteiger partial charge in [-0.25, -0.2) is 0 Å². The molecule has 2 aromatic heterocycles. The molecule has 4 heteroatoms. The highest BCUT2D eigenvalue weighted by Crippen LogP contribution is 2.29. The molecule has 100 valence electrons. The standard InChI is InChI=1S/C15H17NO3/c17-15(12-4-1-5-12)16(10-13-6-2-8-18-13)11-14-7-3-9-19-14/h2-3,6-9,12H,1,4-5,10-11H2. The van der Waals surface area contributed by atoms with Gasteiger partial charge < -0.3 is 13.7 Å². The second-order valence-corrected chi connectivity index (χ2v) is 4.98. The molecular formula is C15H17NO3. The monoisotopic (exact) mass is 259 g/mol. The minimum atomic E-state index is 0.185. The Morgan fingerprint density at radius 1 is 1.11 bits per heavy atom. The SMILES string of the molecule is O=C(C1CCC1)N(Cc1ccco1)Cc1ccco1. The fourth-order valence-corrected chi connectivity index (χ4v) is 2.31. The van der Waals surface area contributed by atoms with E-state index in [0.29, 0.717) is 13.1 Å². The van der Waals surface area contributed by atoms with Gasteiger partial charge in [0, 0.05) is 5.92 Å². The minimum Gasteiger partial charge on any atom is -0.467 e. The molecule has 0 unspecified atom stereocenters. The largest absolute Gasteiger partial charge is 0.467 e. The molecule has 2 heterocycles. The van der Waals surface area contributed by atoms with Crippen molar-refractivity contribution in [1.82, 2.24) is 4.90 Å². The first-order valence-electron chi connectivity index (χ1n) is 6.66. The molecule has 19 heavy (non-hydrogen) atoms. The number of amides is 1. The summed E-state index contributed by atoms with van der Waals surface area (Å²) in [6.45, 7) is 1.01. The zero-order valence-corrected chi connectivity index (χ0v) is 10.7. The molecular weight excluding hydrogens is 242 g/mol. The Balaban J connectivity index is 1.72. The summed E-state index contributed by atoms with van der Waals surface area (Å²) in [6, 6.07) is 7.47. The minimum absolute atomic E-state index is 0.185. The molecule has 0 spiro atoms. The quantitative estimate of drug-likeness (QED) is 0.828. The van der Waals surface area contributed by atoms with E-state index in [9.17, 15) is 4.79 Å². The number of rotatable bonds is 5. The molecule has 1 saturated carbocycles. The van der Waals surface area contributed by atoms with Crippen LogP contribution in [0.15, 0.2) is 45.6 Å². The molecule has 1 aliphatic rings. The van der Waals surface area contributed by atoms with E-state index in [1.165, 1.54) is 0 Å². The summed E-state index contributed by atoms with van der Waals surface area (Å²) in [5, 5.41) is 0. The van der Waals surface area contributed by atoms with Gasteiger partial charge in [-0.15, -0.1) is 0 Å². The van der Waals surface area contributed by atoms with Crippen LogP contribution in [0.25, 0.3) is 0 Å². The van der Waals surface area contributed by atoms with E-state index in [1.54, 1.807) is 12.5 Å². The molecule has 0 N–H and O–H groups in total. The van der Waals surface area contributed by atoms with Gasteiger partial charge in [-0.3, -0.25) is 4.79 Å². The first-order chi connectivity index (χ1) is 9.33. The van der Waals surface area contributed by atoms with Gasteiger partial charge in [-0.05, 0) is 37.1 Å². The number of furan rings is 2. The average Bonchev–Trinajstić information content (AvgIpc) is 2.98. The van der Waals surface area contributed by atoms with Gasteiger partial charge in [0.1, 0.15) is 11.5 Å². The Labute approximate surface area is 112 Å². The molecule has 0 radical (unpaired) electrons. The van der Waals surface area contributed by atoms with Crippen LogP contribution in [0.3, 0.4) is 0 Å². The molecule has 0 saturated heterocycles. The number of carbonyl (C=O) groups is 1. The van der Waals surface area contributed by atoms with E-state index in [4.69, 9.17) is 8.83 Å². The smallest absolute Gasteiger partial charge is 0.226 e. The molecule has 1 fully saturated rings. The summed E-state index contributed by atoms with van der Waals surface area (Å²) in [5.41, 5.74) is 0. The molecule has 0 aliphatic heterocycles. The van der Waals surface area contributed by atoms with E-state index >= 15 is 0 Å². The topological polar surface area (TPSA) is 46.6 Å². The van der Waals surface area contributed by atoms with Crippen molar-refractivity contribution in [2.75, 3.05) is 0 Å². The highest BCUT2D eigenvalue weighted by molar-refractivity contribution is 5.79. The first-order valence-corrected chi connectivity index (χ1v) is 6.66. The predicted octanol–water partition coefficient (Wildman–Crippen LogP) is 3.20. The first kappa shape index (κ1) is 12.1. The number of carbonyl (C=O) groups excluding carboxylic acids is 1. The van der Waals surface area contributed by atoms with Crippen LogP contribution in [0, 0.1) is 5.92 Å². The molecule has 0 atom stereocenters. The number of hydrogen-bond donors (Lipinski definition) is 0. The third kappa shape index (κ3) is 2.72. The van der Waals surface area contributed by atoms with E-state index < -0.39 is 0 Å². The predicted molar refractivity (Wildman–Crippen MR) is 69.0 cm³/mol. The summed E-state index contributed by atoms with van der Waals surface area (Å²) >= 11 is 0. The van der Waals surface area contributed by atoms with Gasteiger partial charge in [-0.2, -0.15) is 0 Å². The van der Waals surface area contributed by atoms with Crippen molar-refractivity contribution in [1.29, 1.82) is 0 Å². The molecule has 0 aromatic carbocycles. The van der Waals surface area contributed by atoms with Crippen LogP contribution >= 0.6 is 0 Å². The van der Waals surface area contributed by atoms with Gasteiger partial charge in [0.25, 0.3) is 0 Å². The highest BCUT2D eigenvalue weighted by Gasteiger charge is 2.30. The van der Waals surface area contributed by atoms with Gasteiger partial charge in [0.05, 0.1) is 25.6 Å². The summed E-state index contributed by atoms with van der Waals surface area (Å²) < 4.78 is 10.7. The Hall–Kier alpha value is -1.97. The van der Waals surface area contributed by atoms with Crippen LogP contribution in [0.4, 0.5) is 0 Å². The van der Waals surface area contributed by atoms with Gasteiger partial charge in [-0.1, -0.05) is 6.42 Å². The fourth-order valence-electron chi connectivity index (χ4n) is 2.31. The number of nitrogens with zero attached hydrogens (tertiary/aromatic N) is 1. The van der Waals surface area contributed by atoms with E-state index in [1.807, 2.05) is 29.2 Å². The Morgan fingerprint density at radius 3 is 2.05 bits per heavy atom. The Morgan fingerprint density at radius 2 is 1.68 bits per heavy atom. The lowest BCUT2D eigenvalue weighted by Gasteiger charge is -2.30. The highest BCUT2D eigenvalue weighted by atomic mass is 16.3. The summed E-state index contributed by atoms with van der Waals surface area (Å²) in [5.74, 6) is 2.00. The lowest BCUT2D eigenvalue weighted by Crippen LogP contribution is -2.37. The lowest BCUT2D eigenvalue weighted by atomic mass is 9.84. The van der Waals surface area contributed by atoms with Crippen molar-refractivity contribution >= 4 is 5.91 Å². The van der Waals surface area contributed by atoms with Crippen molar-refractivity contribution in [3.05, 3.63) is 48.3 Å². The van der Waals surface area contributed by atoms with Crippen LogP contribution in [-0.2, 0) is 17.9 Å². The number of hydrogen-bond acceptors (Lipinski definition) is 3. The van der Waals surface area contributed by atoms with E-state index in [2.05, 4.69) is 0 Å². The van der Waals surface area contributed by atoms with Gasteiger partial charge in [0.15, 0.2) is 0 Å². The maximum Gasteiger partial charge on any atom is 0.226 e. The van der Waals surface area contributed by atoms with Gasteiger partial charge >= 0.3 is 0 Å². The molecule has 2 aromatic rings. The molecule has 4 nitrogen and oxygen atoms in total. The van der Waals surface area contributed by atoms with Crippen molar-refractivity contribution in [3.8, 4) is 0 Å². The van der Waals surface area contributed by atoms with Crippen LogP contribution in [-0.4, -0.2) is 10.8 Å². The van der Waals surface area contributed by atoms with Crippen molar-refractivity contribution < 1.29 is 13.6 Å². The van der Waals surface area contributed by atoms with Gasteiger partial charge in [0.2, 0.25) is 5.91 Å². The normalized spacial score (nSPS) is 15.2. The zero-order valence-electron chi connectivity index (χ0n) is 10.7. The molecule has 0 bridgehead atoms. The zero-order chi connectivity index (χ0) is 13.1. The second kappa shape index (κ2) is 5.34. The van der Waals surface area contributed by atoms with Crippen molar-refractivity contribution in [3.63, 3.8) is 0 Å². The maximum atomic E-state index is 12.4. The van der Waals surface area contributed by atoms with E-state index in [0.717, 1.165) is 30.8 Å². The second-order valence-electron chi connectivity index (χ2n) is 4.98. The Bertz CT molecular complexity index is 475. The molecule has 3 rings (SSSR count). The Kier molecular flexibility index (Phi) is 3.40.